The SMILES string of the molecule is O=C(O)c1ccccc1C(=O)O.S. The molecule has 70 valence electrons. The first-order valence-corrected chi connectivity index (χ1v) is 3.18. The van der Waals surface area contributed by atoms with E-state index in [0.717, 1.165) is 0 Å². The molecule has 0 saturated heterocycles. The van der Waals surface area contributed by atoms with Crippen molar-refractivity contribution in [2.75, 3.05) is 0 Å². The van der Waals surface area contributed by atoms with Gasteiger partial charge >= 0.3 is 11.9 Å². The smallest absolute Gasteiger partial charge is 0.336 e. The minimum absolute atomic E-state index is 0. The van der Waals surface area contributed by atoms with Crippen LogP contribution in [0.15, 0.2) is 24.3 Å². The van der Waals surface area contributed by atoms with Gasteiger partial charge in [-0.25, -0.2) is 9.59 Å². The van der Waals surface area contributed by atoms with Crippen LogP contribution in [0.25, 0.3) is 0 Å². The van der Waals surface area contributed by atoms with Crippen LogP contribution in [0.2, 0.25) is 0 Å². The summed E-state index contributed by atoms with van der Waals surface area (Å²) in [4.78, 5) is 20.9. The van der Waals surface area contributed by atoms with Crippen molar-refractivity contribution in [3.05, 3.63) is 35.4 Å². The molecule has 2 N–H and O–H groups in total. The summed E-state index contributed by atoms with van der Waals surface area (Å²) in [6.07, 6.45) is 0. The van der Waals surface area contributed by atoms with E-state index < -0.39 is 11.9 Å². The number of benzene rings is 1. The molecule has 0 radical (unpaired) electrons. The summed E-state index contributed by atoms with van der Waals surface area (Å²) in [5.41, 5.74) is -0.380. The molecule has 0 aliphatic heterocycles. The first-order chi connectivity index (χ1) is 5.63. The molecule has 0 saturated carbocycles. The van der Waals surface area contributed by atoms with Crippen LogP contribution in [-0.4, -0.2) is 22.2 Å². The zero-order valence-electron chi connectivity index (χ0n) is 6.52. The maximum Gasteiger partial charge on any atom is 0.336 e. The Hall–Kier alpha value is -1.49. The Morgan fingerprint density at radius 3 is 1.46 bits per heavy atom. The summed E-state index contributed by atoms with van der Waals surface area (Å²) in [5.74, 6) is -2.46. The Kier molecular flexibility index (Phi) is 4.00. The van der Waals surface area contributed by atoms with Crippen LogP contribution >= 0.6 is 13.5 Å². The molecule has 0 atom stereocenters. The fraction of sp³-hybridized carbons (Fsp3) is 0. The standard InChI is InChI=1S/C8H6O4.H2S/c9-7(10)5-3-1-2-4-6(5)8(11)12;/h1-4H,(H,9,10)(H,11,12);1H2. The van der Waals surface area contributed by atoms with E-state index in [-0.39, 0.29) is 24.6 Å². The number of rotatable bonds is 2. The van der Waals surface area contributed by atoms with Gasteiger partial charge in [-0.05, 0) is 12.1 Å². The van der Waals surface area contributed by atoms with Gasteiger partial charge in [0.2, 0.25) is 0 Å². The zero-order chi connectivity index (χ0) is 9.14. The number of aromatic carboxylic acids is 2. The Morgan fingerprint density at radius 2 is 1.23 bits per heavy atom. The highest BCUT2D eigenvalue weighted by Gasteiger charge is 2.13. The topological polar surface area (TPSA) is 74.6 Å². The fourth-order valence-corrected chi connectivity index (χ4v) is 0.856. The van der Waals surface area contributed by atoms with Gasteiger partial charge in [0.25, 0.3) is 0 Å². The summed E-state index contributed by atoms with van der Waals surface area (Å²) in [5, 5.41) is 17.1. The monoisotopic (exact) mass is 200 g/mol. The van der Waals surface area contributed by atoms with Gasteiger partial charge in [0.15, 0.2) is 0 Å². The largest absolute Gasteiger partial charge is 0.478 e. The molecule has 1 aromatic carbocycles. The number of hydrogen-bond acceptors (Lipinski definition) is 2. The molecule has 1 rings (SSSR count). The molecule has 0 bridgehead atoms. The Labute approximate surface area is 81.3 Å². The Balaban J connectivity index is 0.00000144. The van der Waals surface area contributed by atoms with E-state index in [2.05, 4.69) is 0 Å². The molecule has 0 amide bonds. The molecule has 5 heteroatoms. The van der Waals surface area contributed by atoms with Crippen LogP contribution in [0.3, 0.4) is 0 Å². The van der Waals surface area contributed by atoms with Crippen molar-refractivity contribution < 1.29 is 19.8 Å². The van der Waals surface area contributed by atoms with Gasteiger partial charge in [-0.15, -0.1) is 0 Å². The van der Waals surface area contributed by atoms with E-state index in [1.807, 2.05) is 0 Å². The maximum absolute atomic E-state index is 10.5. The maximum atomic E-state index is 10.5. The molecule has 13 heavy (non-hydrogen) atoms. The predicted molar refractivity (Wildman–Crippen MR) is 50.7 cm³/mol. The Bertz CT molecular complexity index is 302. The van der Waals surface area contributed by atoms with Gasteiger partial charge in [0, 0.05) is 0 Å². The molecule has 0 unspecified atom stereocenters. The van der Waals surface area contributed by atoms with Crippen molar-refractivity contribution in [1.29, 1.82) is 0 Å². The third-order valence-electron chi connectivity index (χ3n) is 1.39. The number of hydrogen-bond donors (Lipinski definition) is 2. The van der Waals surface area contributed by atoms with Gasteiger partial charge in [-0.2, -0.15) is 13.5 Å². The number of carbonyl (C=O) groups is 2. The van der Waals surface area contributed by atoms with E-state index in [1.54, 1.807) is 0 Å². The van der Waals surface area contributed by atoms with Gasteiger partial charge < -0.3 is 10.2 Å². The summed E-state index contributed by atoms with van der Waals surface area (Å²) >= 11 is 0. The molecule has 0 aliphatic rings. The normalized spacial score (nSPS) is 8.62. The highest BCUT2D eigenvalue weighted by Crippen LogP contribution is 2.07. The van der Waals surface area contributed by atoms with Crippen molar-refractivity contribution in [2.45, 2.75) is 0 Å². The molecule has 0 fully saturated rings. The predicted octanol–water partition coefficient (Wildman–Crippen LogP) is 1.20. The molecular weight excluding hydrogens is 192 g/mol. The molecular formula is C8H8O4S. The lowest BCUT2D eigenvalue weighted by molar-refractivity contribution is 0.0651. The van der Waals surface area contributed by atoms with E-state index in [1.165, 1.54) is 24.3 Å². The molecule has 0 spiro atoms. The molecule has 0 aliphatic carbocycles. The minimum Gasteiger partial charge on any atom is -0.478 e. The lowest BCUT2D eigenvalue weighted by Crippen LogP contribution is -2.06. The number of carboxylic acids is 2. The quantitative estimate of drug-likeness (QED) is 0.752. The molecule has 4 nitrogen and oxygen atoms in total. The van der Waals surface area contributed by atoms with Crippen LogP contribution in [0.5, 0.6) is 0 Å². The fourth-order valence-electron chi connectivity index (χ4n) is 0.856. The van der Waals surface area contributed by atoms with E-state index >= 15 is 0 Å². The van der Waals surface area contributed by atoms with Gasteiger partial charge in [0.05, 0.1) is 11.1 Å². The molecule has 1 aromatic rings. The lowest BCUT2D eigenvalue weighted by Gasteiger charge is -1.98. The van der Waals surface area contributed by atoms with Gasteiger partial charge in [-0.3, -0.25) is 0 Å². The van der Waals surface area contributed by atoms with Crippen LogP contribution in [-0.2, 0) is 0 Å². The van der Waals surface area contributed by atoms with Crippen molar-refractivity contribution in [2.24, 2.45) is 0 Å². The second-order valence-corrected chi connectivity index (χ2v) is 2.16. The lowest BCUT2D eigenvalue weighted by atomic mass is 10.1. The summed E-state index contributed by atoms with van der Waals surface area (Å²) in [6.45, 7) is 0. The second-order valence-electron chi connectivity index (χ2n) is 2.16. The van der Waals surface area contributed by atoms with Crippen LogP contribution in [0, 0.1) is 0 Å². The average Bonchev–Trinajstić information content (AvgIpc) is 2.04. The molecule has 0 aromatic heterocycles. The van der Waals surface area contributed by atoms with Gasteiger partial charge in [-0.1, -0.05) is 12.1 Å². The van der Waals surface area contributed by atoms with Crippen LogP contribution in [0.1, 0.15) is 20.7 Å². The third kappa shape index (κ3) is 2.48. The average molecular weight is 200 g/mol. The van der Waals surface area contributed by atoms with Crippen LogP contribution < -0.4 is 0 Å². The van der Waals surface area contributed by atoms with Crippen molar-refractivity contribution in [3.8, 4) is 0 Å². The van der Waals surface area contributed by atoms with Crippen molar-refractivity contribution >= 4 is 25.4 Å². The molecule has 0 heterocycles. The highest BCUT2D eigenvalue weighted by atomic mass is 32.1. The Morgan fingerprint density at radius 1 is 0.923 bits per heavy atom. The van der Waals surface area contributed by atoms with Crippen molar-refractivity contribution in [1.82, 2.24) is 0 Å². The van der Waals surface area contributed by atoms with Crippen LogP contribution in [0.4, 0.5) is 0 Å². The van der Waals surface area contributed by atoms with E-state index in [9.17, 15) is 9.59 Å². The summed E-state index contributed by atoms with van der Waals surface area (Å²) in [6, 6.07) is 5.48. The van der Waals surface area contributed by atoms with Gasteiger partial charge in [0.1, 0.15) is 0 Å². The van der Waals surface area contributed by atoms with E-state index in [0.29, 0.717) is 0 Å². The second kappa shape index (κ2) is 4.51. The number of carboxylic acid groups (broad SMARTS) is 2. The summed E-state index contributed by atoms with van der Waals surface area (Å²) < 4.78 is 0. The zero-order valence-corrected chi connectivity index (χ0v) is 7.52. The third-order valence-corrected chi connectivity index (χ3v) is 1.39. The first-order valence-electron chi connectivity index (χ1n) is 3.18. The highest BCUT2D eigenvalue weighted by molar-refractivity contribution is 7.59. The van der Waals surface area contributed by atoms with Crippen molar-refractivity contribution in [3.63, 3.8) is 0 Å². The first kappa shape index (κ1) is 11.5. The van der Waals surface area contributed by atoms with E-state index in [4.69, 9.17) is 10.2 Å². The summed E-state index contributed by atoms with van der Waals surface area (Å²) in [7, 11) is 0. The minimum atomic E-state index is -1.23.